The Labute approximate surface area is 116 Å². The van der Waals surface area contributed by atoms with Crippen molar-refractivity contribution < 1.29 is 14.6 Å². The molecule has 19 heavy (non-hydrogen) atoms. The van der Waals surface area contributed by atoms with Gasteiger partial charge in [-0.25, -0.2) is 0 Å². The molecule has 0 bridgehead atoms. The zero-order valence-corrected chi connectivity index (χ0v) is 12.0. The Hall–Kier alpha value is -0.610. The number of carboxylic acids is 1. The lowest BCUT2D eigenvalue weighted by Gasteiger charge is -2.38. The summed E-state index contributed by atoms with van der Waals surface area (Å²) in [5.41, 5.74) is 0. The number of carboxylic acid groups (broad SMARTS) is 1. The maximum Gasteiger partial charge on any atom is 0.305 e. The highest BCUT2D eigenvalue weighted by Gasteiger charge is 2.26. The van der Waals surface area contributed by atoms with Crippen LogP contribution in [-0.4, -0.2) is 47.8 Å². The number of hydrogen-bond donors (Lipinski definition) is 1. The van der Waals surface area contributed by atoms with Crippen LogP contribution in [0.25, 0.3) is 0 Å². The highest BCUT2D eigenvalue weighted by molar-refractivity contribution is 5.66. The topological polar surface area (TPSA) is 49.8 Å². The van der Waals surface area contributed by atoms with Gasteiger partial charge in [-0.1, -0.05) is 19.3 Å². The number of nitrogens with zero attached hydrogens (tertiary/aromatic N) is 1. The lowest BCUT2D eigenvalue weighted by molar-refractivity contribution is -0.138. The standard InChI is InChI=1S/C15H27NO3/c1-12(11-13-3-2-4-13)16-8-5-14(6-9-16)19-10-7-15(17)18/h12-14H,2-11H2,1H3,(H,17,18). The molecule has 2 rings (SSSR count). The van der Waals surface area contributed by atoms with Crippen LogP contribution in [-0.2, 0) is 9.53 Å². The van der Waals surface area contributed by atoms with Gasteiger partial charge in [0.2, 0.25) is 0 Å². The Balaban J connectivity index is 1.59. The Bertz CT molecular complexity index is 283. The summed E-state index contributed by atoms with van der Waals surface area (Å²) in [5, 5.41) is 8.58. The minimum atomic E-state index is -0.772. The minimum absolute atomic E-state index is 0.123. The van der Waals surface area contributed by atoms with E-state index in [0.717, 1.165) is 31.8 Å². The lowest BCUT2D eigenvalue weighted by atomic mass is 9.80. The molecule has 1 heterocycles. The highest BCUT2D eigenvalue weighted by atomic mass is 16.5. The molecular weight excluding hydrogens is 242 g/mol. The lowest BCUT2D eigenvalue weighted by Crippen LogP contribution is -2.43. The van der Waals surface area contributed by atoms with Gasteiger partial charge in [-0.15, -0.1) is 0 Å². The first kappa shape index (κ1) is 14.8. The number of rotatable bonds is 7. The van der Waals surface area contributed by atoms with Crippen LogP contribution in [0.2, 0.25) is 0 Å². The first-order chi connectivity index (χ1) is 9.15. The first-order valence-electron chi connectivity index (χ1n) is 7.72. The molecular formula is C15H27NO3. The van der Waals surface area contributed by atoms with Crippen molar-refractivity contribution in [2.45, 2.75) is 64.0 Å². The van der Waals surface area contributed by atoms with E-state index in [4.69, 9.17) is 9.84 Å². The van der Waals surface area contributed by atoms with Crippen LogP contribution in [0.15, 0.2) is 0 Å². The van der Waals surface area contributed by atoms with E-state index in [1.807, 2.05) is 0 Å². The molecule has 1 atom stereocenters. The molecule has 0 aromatic carbocycles. The number of ether oxygens (including phenoxy) is 1. The number of aliphatic carboxylic acids is 1. The summed E-state index contributed by atoms with van der Waals surface area (Å²) in [7, 11) is 0. The summed E-state index contributed by atoms with van der Waals surface area (Å²) >= 11 is 0. The van der Waals surface area contributed by atoms with E-state index in [1.165, 1.54) is 25.7 Å². The smallest absolute Gasteiger partial charge is 0.305 e. The van der Waals surface area contributed by atoms with Crippen molar-refractivity contribution in [3.63, 3.8) is 0 Å². The highest BCUT2D eigenvalue weighted by Crippen LogP contribution is 2.32. The van der Waals surface area contributed by atoms with Crippen molar-refractivity contribution in [2.24, 2.45) is 5.92 Å². The average Bonchev–Trinajstić information content (AvgIpc) is 2.34. The van der Waals surface area contributed by atoms with E-state index in [2.05, 4.69) is 11.8 Å². The molecule has 0 aromatic heterocycles. The third kappa shape index (κ3) is 4.77. The molecule has 1 unspecified atom stereocenters. The van der Waals surface area contributed by atoms with Gasteiger partial charge in [0, 0.05) is 19.1 Å². The maximum atomic E-state index is 10.4. The molecule has 1 aliphatic carbocycles. The number of likely N-dealkylation sites (tertiary alicyclic amines) is 1. The molecule has 4 heteroatoms. The van der Waals surface area contributed by atoms with E-state index in [0.29, 0.717) is 12.6 Å². The fourth-order valence-electron chi connectivity index (χ4n) is 3.16. The predicted octanol–water partition coefficient (Wildman–Crippen LogP) is 2.52. The molecule has 0 amide bonds. The summed E-state index contributed by atoms with van der Waals surface area (Å²) in [4.78, 5) is 13.0. The fraction of sp³-hybridized carbons (Fsp3) is 0.933. The summed E-state index contributed by atoms with van der Waals surface area (Å²) in [6.07, 6.45) is 8.13. The van der Waals surface area contributed by atoms with E-state index in [9.17, 15) is 4.79 Å². The SMILES string of the molecule is CC(CC1CCC1)N1CCC(OCCC(=O)O)CC1. The normalized spacial score (nSPS) is 24.1. The predicted molar refractivity (Wildman–Crippen MR) is 74.2 cm³/mol. The van der Waals surface area contributed by atoms with Crippen LogP contribution in [0.5, 0.6) is 0 Å². The molecule has 0 aromatic rings. The van der Waals surface area contributed by atoms with Gasteiger partial charge in [0.05, 0.1) is 19.1 Å². The molecule has 1 saturated heterocycles. The van der Waals surface area contributed by atoms with E-state index in [1.54, 1.807) is 0 Å². The maximum absolute atomic E-state index is 10.4. The van der Waals surface area contributed by atoms with E-state index >= 15 is 0 Å². The quantitative estimate of drug-likeness (QED) is 0.771. The van der Waals surface area contributed by atoms with Crippen LogP contribution in [0.1, 0.15) is 51.9 Å². The van der Waals surface area contributed by atoms with Crippen LogP contribution >= 0.6 is 0 Å². The van der Waals surface area contributed by atoms with Gasteiger partial charge in [0.25, 0.3) is 0 Å². The molecule has 2 aliphatic rings. The van der Waals surface area contributed by atoms with Crippen LogP contribution < -0.4 is 0 Å². The second kappa shape index (κ2) is 7.25. The van der Waals surface area contributed by atoms with Crippen molar-refractivity contribution in [1.29, 1.82) is 0 Å². The van der Waals surface area contributed by atoms with Crippen molar-refractivity contribution in [3.8, 4) is 0 Å². The van der Waals surface area contributed by atoms with Crippen molar-refractivity contribution in [3.05, 3.63) is 0 Å². The van der Waals surface area contributed by atoms with Crippen molar-refractivity contribution in [2.75, 3.05) is 19.7 Å². The first-order valence-corrected chi connectivity index (χ1v) is 7.72. The molecule has 1 saturated carbocycles. The molecule has 4 nitrogen and oxygen atoms in total. The number of hydrogen-bond acceptors (Lipinski definition) is 3. The Kier molecular flexibility index (Phi) is 5.64. The summed E-state index contributed by atoms with van der Waals surface area (Å²) < 4.78 is 5.63. The van der Waals surface area contributed by atoms with Gasteiger partial charge in [-0.05, 0) is 32.1 Å². The Morgan fingerprint density at radius 1 is 1.32 bits per heavy atom. The monoisotopic (exact) mass is 269 g/mol. The molecule has 1 aliphatic heterocycles. The Morgan fingerprint density at radius 3 is 2.53 bits per heavy atom. The van der Waals surface area contributed by atoms with E-state index < -0.39 is 5.97 Å². The van der Waals surface area contributed by atoms with Crippen molar-refractivity contribution in [1.82, 2.24) is 4.90 Å². The third-order valence-electron chi connectivity index (χ3n) is 4.67. The van der Waals surface area contributed by atoms with Crippen LogP contribution in [0, 0.1) is 5.92 Å². The molecule has 0 spiro atoms. The molecule has 2 fully saturated rings. The molecule has 110 valence electrons. The summed E-state index contributed by atoms with van der Waals surface area (Å²) in [6, 6.07) is 0.699. The van der Waals surface area contributed by atoms with Gasteiger partial charge in [0.15, 0.2) is 0 Å². The van der Waals surface area contributed by atoms with Gasteiger partial charge in [0.1, 0.15) is 0 Å². The largest absolute Gasteiger partial charge is 0.481 e. The molecule has 1 N–H and O–H groups in total. The van der Waals surface area contributed by atoms with E-state index in [-0.39, 0.29) is 12.5 Å². The third-order valence-corrected chi connectivity index (χ3v) is 4.67. The average molecular weight is 269 g/mol. The fourth-order valence-corrected chi connectivity index (χ4v) is 3.16. The number of carbonyl (C=O) groups is 1. The van der Waals surface area contributed by atoms with Gasteiger partial charge < -0.3 is 14.7 Å². The Morgan fingerprint density at radius 2 is 2.00 bits per heavy atom. The van der Waals surface area contributed by atoms with Crippen LogP contribution in [0.4, 0.5) is 0 Å². The second-order valence-electron chi connectivity index (χ2n) is 6.13. The molecule has 0 radical (unpaired) electrons. The summed E-state index contributed by atoms with van der Waals surface area (Å²) in [6.45, 7) is 4.92. The second-order valence-corrected chi connectivity index (χ2v) is 6.13. The van der Waals surface area contributed by atoms with Crippen molar-refractivity contribution >= 4 is 5.97 Å². The van der Waals surface area contributed by atoms with Gasteiger partial charge >= 0.3 is 5.97 Å². The summed E-state index contributed by atoms with van der Waals surface area (Å²) in [5.74, 6) is 0.200. The van der Waals surface area contributed by atoms with Gasteiger partial charge in [-0.2, -0.15) is 0 Å². The minimum Gasteiger partial charge on any atom is -0.481 e. The number of piperidine rings is 1. The zero-order valence-electron chi connectivity index (χ0n) is 12.0. The zero-order chi connectivity index (χ0) is 13.7. The van der Waals surface area contributed by atoms with Crippen LogP contribution in [0.3, 0.4) is 0 Å². The van der Waals surface area contributed by atoms with Gasteiger partial charge in [-0.3, -0.25) is 4.79 Å².